The standard InChI is InChI=1S/C14H13N3O2S/c1-16(8-10-5-7-20-9-10)13-12(14(18)19)17-6-3-2-4-11(17)15-13/h2-7,9H,8H2,1H3,(H,18,19). The van der Waals surface area contributed by atoms with E-state index in [1.807, 2.05) is 34.8 Å². The zero-order valence-corrected chi connectivity index (χ0v) is 11.7. The van der Waals surface area contributed by atoms with E-state index in [2.05, 4.69) is 4.98 Å². The van der Waals surface area contributed by atoms with Crippen molar-refractivity contribution in [3.63, 3.8) is 0 Å². The number of nitrogens with zero attached hydrogens (tertiary/aromatic N) is 3. The maximum absolute atomic E-state index is 11.5. The van der Waals surface area contributed by atoms with Crippen LogP contribution in [0.15, 0.2) is 41.2 Å². The van der Waals surface area contributed by atoms with Crippen LogP contribution in [0.4, 0.5) is 5.82 Å². The summed E-state index contributed by atoms with van der Waals surface area (Å²) in [5, 5.41) is 13.5. The number of carbonyl (C=O) groups is 1. The average molecular weight is 287 g/mol. The summed E-state index contributed by atoms with van der Waals surface area (Å²) in [4.78, 5) is 17.8. The molecule has 0 unspecified atom stereocenters. The highest BCUT2D eigenvalue weighted by atomic mass is 32.1. The van der Waals surface area contributed by atoms with Crippen molar-refractivity contribution in [2.75, 3.05) is 11.9 Å². The summed E-state index contributed by atoms with van der Waals surface area (Å²) in [6.45, 7) is 0.633. The van der Waals surface area contributed by atoms with E-state index in [1.165, 1.54) is 0 Å². The lowest BCUT2D eigenvalue weighted by atomic mass is 10.3. The summed E-state index contributed by atoms with van der Waals surface area (Å²) in [7, 11) is 1.85. The lowest BCUT2D eigenvalue weighted by Gasteiger charge is -2.16. The molecule has 0 saturated carbocycles. The molecule has 1 N–H and O–H groups in total. The third-order valence-electron chi connectivity index (χ3n) is 3.08. The van der Waals surface area contributed by atoms with Crippen LogP contribution >= 0.6 is 11.3 Å². The van der Waals surface area contributed by atoms with E-state index in [4.69, 9.17) is 0 Å². The first-order valence-corrected chi connectivity index (χ1v) is 7.03. The van der Waals surface area contributed by atoms with Gasteiger partial charge < -0.3 is 10.0 Å². The van der Waals surface area contributed by atoms with Crippen LogP contribution in [0.3, 0.4) is 0 Å². The third kappa shape index (κ3) is 2.14. The number of hydrogen-bond donors (Lipinski definition) is 1. The predicted octanol–water partition coefficient (Wildman–Crippen LogP) is 2.73. The maximum atomic E-state index is 11.5. The molecule has 0 aromatic carbocycles. The van der Waals surface area contributed by atoms with Gasteiger partial charge in [-0.1, -0.05) is 6.07 Å². The first-order chi connectivity index (χ1) is 9.66. The van der Waals surface area contributed by atoms with E-state index >= 15 is 0 Å². The topological polar surface area (TPSA) is 57.8 Å². The van der Waals surface area contributed by atoms with Gasteiger partial charge in [-0.2, -0.15) is 11.3 Å². The molecule has 0 aliphatic rings. The fourth-order valence-corrected chi connectivity index (χ4v) is 2.84. The smallest absolute Gasteiger partial charge is 0.356 e. The predicted molar refractivity (Wildman–Crippen MR) is 78.6 cm³/mol. The molecule has 6 heteroatoms. The van der Waals surface area contributed by atoms with E-state index in [0.29, 0.717) is 18.0 Å². The van der Waals surface area contributed by atoms with Gasteiger partial charge >= 0.3 is 5.97 Å². The summed E-state index contributed by atoms with van der Waals surface area (Å²) >= 11 is 1.62. The van der Waals surface area contributed by atoms with Gasteiger partial charge in [-0.3, -0.25) is 4.40 Å². The average Bonchev–Trinajstić information content (AvgIpc) is 3.04. The van der Waals surface area contributed by atoms with Crippen molar-refractivity contribution in [1.29, 1.82) is 0 Å². The molecule has 0 aliphatic heterocycles. The molecule has 0 fully saturated rings. The molecule has 3 rings (SSSR count). The van der Waals surface area contributed by atoms with Crippen molar-refractivity contribution >= 4 is 28.8 Å². The first kappa shape index (κ1) is 12.7. The van der Waals surface area contributed by atoms with Crippen LogP contribution in [-0.2, 0) is 6.54 Å². The Morgan fingerprint density at radius 3 is 3.00 bits per heavy atom. The Bertz CT molecular complexity index is 749. The number of fused-ring (bicyclic) bond motifs is 1. The van der Waals surface area contributed by atoms with Crippen LogP contribution in [0.5, 0.6) is 0 Å². The zero-order valence-electron chi connectivity index (χ0n) is 10.9. The molecule has 5 nitrogen and oxygen atoms in total. The van der Waals surface area contributed by atoms with Crippen LogP contribution in [0.25, 0.3) is 5.65 Å². The number of hydrogen-bond acceptors (Lipinski definition) is 4. The molecule has 0 spiro atoms. The Kier molecular flexibility index (Phi) is 3.15. The zero-order chi connectivity index (χ0) is 14.1. The normalized spacial score (nSPS) is 10.8. The highest BCUT2D eigenvalue weighted by Gasteiger charge is 2.21. The van der Waals surface area contributed by atoms with Crippen molar-refractivity contribution in [2.24, 2.45) is 0 Å². The second kappa shape index (κ2) is 4.97. The van der Waals surface area contributed by atoms with Gasteiger partial charge in [0.05, 0.1) is 0 Å². The first-order valence-electron chi connectivity index (χ1n) is 6.09. The molecule has 0 atom stereocenters. The SMILES string of the molecule is CN(Cc1ccsc1)c1nc2ccccn2c1C(=O)O. The molecule has 3 heterocycles. The Hall–Kier alpha value is -2.34. The lowest BCUT2D eigenvalue weighted by Crippen LogP contribution is -2.19. The fraction of sp³-hybridized carbons (Fsp3) is 0.143. The number of aromatic nitrogens is 2. The minimum absolute atomic E-state index is 0.193. The molecule has 3 aromatic rings. The number of anilines is 1. The molecular formula is C14H13N3O2S. The van der Waals surface area contributed by atoms with Crippen LogP contribution < -0.4 is 4.90 Å². The Morgan fingerprint density at radius 1 is 1.45 bits per heavy atom. The number of carboxylic acid groups (broad SMARTS) is 1. The van der Waals surface area contributed by atoms with Gasteiger partial charge in [0.2, 0.25) is 0 Å². The second-order valence-corrected chi connectivity index (χ2v) is 5.29. The summed E-state index contributed by atoms with van der Waals surface area (Å²) in [5.41, 5.74) is 1.97. The monoisotopic (exact) mass is 287 g/mol. The van der Waals surface area contributed by atoms with Crippen molar-refractivity contribution in [2.45, 2.75) is 6.54 Å². The molecule has 0 saturated heterocycles. The largest absolute Gasteiger partial charge is 0.476 e. The highest BCUT2D eigenvalue weighted by Crippen LogP contribution is 2.22. The second-order valence-electron chi connectivity index (χ2n) is 4.51. The molecule has 0 bridgehead atoms. The van der Waals surface area contributed by atoms with Crippen molar-refractivity contribution in [3.8, 4) is 0 Å². The van der Waals surface area contributed by atoms with Crippen LogP contribution in [0, 0.1) is 0 Å². The van der Waals surface area contributed by atoms with Gasteiger partial charge in [0.25, 0.3) is 0 Å². The van der Waals surface area contributed by atoms with Crippen molar-refractivity contribution in [3.05, 3.63) is 52.5 Å². The number of aromatic carboxylic acids is 1. The van der Waals surface area contributed by atoms with Gasteiger partial charge in [-0.05, 0) is 34.5 Å². The van der Waals surface area contributed by atoms with Crippen molar-refractivity contribution < 1.29 is 9.90 Å². The molecule has 3 aromatic heterocycles. The number of thiophene rings is 1. The quantitative estimate of drug-likeness (QED) is 0.801. The minimum atomic E-state index is -0.976. The fourth-order valence-electron chi connectivity index (χ4n) is 2.18. The van der Waals surface area contributed by atoms with Crippen LogP contribution in [0.1, 0.15) is 16.1 Å². The van der Waals surface area contributed by atoms with E-state index in [0.717, 1.165) is 5.56 Å². The summed E-state index contributed by atoms with van der Waals surface area (Å²) < 4.78 is 1.60. The molecule has 20 heavy (non-hydrogen) atoms. The Labute approximate surface area is 119 Å². The van der Waals surface area contributed by atoms with E-state index in [1.54, 1.807) is 34.1 Å². The molecule has 0 radical (unpaired) electrons. The van der Waals surface area contributed by atoms with E-state index in [-0.39, 0.29) is 5.69 Å². The lowest BCUT2D eigenvalue weighted by molar-refractivity contribution is 0.0690. The van der Waals surface area contributed by atoms with Gasteiger partial charge in [-0.15, -0.1) is 0 Å². The van der Waals surface area contributed by atoms with Gasteiger partial charge in [0.15, 0.2) is 11.5 Å². The summed E-state index contributed by atoms with van der Waals surface area (Å²) in [6, 6.07) is 7.46. The van der Waals surface area contributed by atoms with Gasteiger partial charge in [-0.25, -0.2) is 9.78 Å². The summed E-state index contributed by atoms with van der Waals surface area (Å²) in [5.74, 6) is -0.495. The number of carboxylic acids is 1. The number of imidazole rings is 1. The van der Waals surface area contributed by atoms with Crippen LogP contribution in [-0.4, -0.2) is 27.5 Å². The number of pyridine rings is 1. The van der Waals surface area contributed by atoms with Gasteiger partial charge in [0.1, 0.15) is 5.65 Å². The highest BCUT2D eigenvalue weighted by molar-refractivity contribution is 7.07. The van der Waals surface area contributed by atoms with E-state index < -0.39 is 5.97 Å². The summed E-state index contributed by atoms with van der Waals surface area (Å²) in [6.07, 6.45) is 1.72. The van der Waals surface area contributed by atoms with Crippen molar-refractivity contribution in [1.82, 2.24) is 9.38 Å². The third-order valence-corrected chi connectivity index (χ3v) is 3.81. The Balaban J connectivity index is 2.06. The maximum Gasteiger partial charge on any atom is 0.356 e. The minimum Gasteiger partial charge on any atom is -0.476 e. The molecule has 0 amide bonds. The van der Waals surface area contributed by atoms with Crippen LogP contribution in [0.2, 0.25) is 0 Å². The molecule has 102 valence electrons. The number of rotatable bonds is 4. The molecular weight excluding hydrogens is 274 g/mol. The Morgan fingerprint density at radius 2 is 2.30 bits per heavy atom. The molecule has 0 aliphatic carbocycles. The van der Waals surface area contributed by atoms with E-state index in [9.17, 15) is 9.90 Å². The van der Waals surface area contributed by atoms with Gasteiger partial charge in [0, 0.05) is 19.8 Å².